The third-order valence-corrected chi connectivity index (χ3v) is 4.30. The van der Waals surface area contributed by atoms with Crippen LogP contribution < -0.4 is 14.8 Å². The van der Waals surface area contributed by atoms with E-state index >= 15 is 0 Å². The lowest BCUT2D eigenvalue weighted by Crippen LogP contribution is -2.29. The molecule has 0 aliphatic carbocycles. The van der Waals surface area contributed by atoms with Crippen molar-refractivity contribution in [2.24, 2.45) is 0 Å². The van der Waals surface area contributed by atoms with Gasteiger partial charge in [0.15, 0.2) is 11.5 Å². The van der Waals surface area contributed by atoms with Crippen molar-refractivity contribution >= 4 is 34.4 Å². The van der Waals surface area contributed by atoms with Gasteiger partial charge in [0.05, 0.1) is 29.2 Å². The summed E-state index contributed by atoms with van der Waals surface area (Å²) in [5.74, 6) is 1.81. The summed E-state index contributed by atoms with van der Waals surface area (Å²) in [7, 11) is 0. The van der Waals surface area contributed by atoms with Crippen molar-refractivity contribution in [2.45, 2.75) is 26.3 Å². The maximum absolute atomic E-state index is 11.9. The number of benzene rings is 1. The first-order valence-electron chi connectivity index (χ1n) is 7.42. The molecule has 122 valence electrons. The van der Waals surface area contributed by atoms with Crippen LogP contribution in [0.15, 0.2) is 18.5 Å². The number of nitrogens with one attached hydrogen (secondary N) is 1. The quantitative estimate of drug-likeness (QED) is 0.741. The van der Waals surface area contributed by atoms with Crippen LogP contribution in [-0.4, -0.2) is 33.9 Å². The summed E-state index contributed by atoms with van der Waals surface area (Å²) in [6.07, 6.45) is 1.75. The Bertz CT molecular complexity index is 732. The molecule has 0 spiro atoms. The molecule has 0 fully saturated rings. The summed E-state index contributed by atoms with van der Waals surface area (Å²) in [5, 5.41) is 6.95. The van der Waals surface area contributed by atoms with Gasteiger partial charge in [-0.25, -0.2) is 4.68 Å². The predicted octanol–water partition coefficient (Wildman–Crippen LogP) is 2.61. The molecule has 1 amide bonds. The summed E-state index contributed by atoms with van der Waals surface area (Å²) in [5.41, 5.74) is 0.947. The third-order valence-electron chi connectivity index (χ3n) is 3.50. The normalized spacial score (nSPS) is 16.7. The van der Waals surface area contributed by atoms with Crippen molar-refractivity contribution in [3.05, 3.63) is 27.6 Å². The van der Waals surface area contributed by atoms with E-state index in [9.17, 15) is 4.79 Å². The van der Waals surface area contributed by atoms with Crippen LogP contribution in [0.1, 0.15) is 31.9 Å². The Labute approximate surface area is 147 Å². The van der Waals surface area contributed by atoms with Gasteiger partial charge in [0.2, 0.25) is 11.9 Å². The van der Waals surface area contributed by atoms with E-state index in [0.29, 0.717) is 31.3 Å². The molecule has 1 N–H and O–H groups in total. The van der Waals surface area contributed by atoms with E-state index in [0.717, 1.165) is 14.9 Å². The van der Waals surface area contributed by atoms with Crippen LogP contribution in [-0.2, 0) is 4.79 Å². The number of aromatic nitrogens is 3. The highest BCUT2D eigenvalue weighted by atomic mass is 127. The molecule has 1 aromatic carbocycles. The predicted molar refractivity (Wildman–Crippen MR) is 92.9 cm³/mol. The Kier molecular flexibility index (Phi) is 4.69. The van der Waals surface area contributed by atoms with E-state index in [1.54, 1.807) is 4.68 Å². The Morgan fingerprint density at radius 1 is 1.35 bits per heavy atom. The second kappa shape index (κ2) is 6.73. The van der Waals surface area contributed by atoms with E-state index in [1.165, 1.54) is 6.33 Å². The van der Waals surface area contributed by atoms with Crippen molar-refractivity contribution in [3.8, 4) is 11.5 Å². The van der Waals surface area contributed by atoms with E-state index in [2.05, 4.69) is 38.0 Å². The van der Waals surface area contributed by atoms with Gasteiger partial charge in [-0.3, -0.25) is 10.1 Å². The number of hydrogen-bond donors (Lipinski definition) is 1. The first-order chi connectivity index (χ1) is 11.1. The number of anilines is 1. The number of carbonyl (C=O) groups excluding carboxylic acids is 1. The van der Waals surface area contributed by atoms with Gasteiger partial charge in [-0.15, -0.1) is 0 Å². The third kappa shape index (κ3) is 3.12. The fourth-order valence-corrected chi connectivity index (χ4v) is 3.37. The Hall–Kier alpha value is -1.84. The average molecular weight is 428 g/mol. The number of nitrogens with zero attached hydrogens (tertiary/aromatic N) is 3. The highest BCUT2D eigenvalue weighted by Gasteiger charge is 2.29. The monoisotopic (exact) mass is 428 g/mol. The van der Waals surface area contributed by atoms with Gasteiger partial charge in [0, 0.05) is 0 Å². The summed E-state index contributed by atoms with van der Waals surface area (Å²) >= 11 is 2.22. The van der Waals surface area contributed by atoms with Crippen LogP contribution in [0.25, 0.3) is 0 Å². The summed E-state index contributed by atoms with van der Waals surface area (Å²) < 4.78 is 14.1. The Morgan fingerprint density at radius 3 is 2.87 bits per heavy atom. The second-order valence-corrected chi connectivity index (χ2v) is 6.15. The number of ether oxygens (including phenoxy) is 2. The largest absolute Gasteiger partial charge is 0.490 e. The van der Waals surface area contributed by atoms with Crippen molar-refractivity contribution in [3.63, 3.8) is 0 Å². The van der Waals surface area contributed by atoms with Crippen molar-refractivity contribution in [1.29, 1.82) is 0 Å². The molecule has 7 nitrogen and oxygen atoms in total. The zero-order valence-electron chi connectivity index (χ0n) is 12.9. The molecule has 8 heteroatoms. The molecule has 0 saturated carbocycles. The lowest BCUT2D eigenvalue weighted by molar-refractivity contribution is -0.117. The minimum atomic E-state index is -0.204. The van der Waals surface area contributed by atoms with Gasteiger partial charge in [-0.1, -0.05) is 0 Å². The van der Waals surface area contributed by atoms with E-state index in [4.69, 9.17) is 9.47 Å². The van der Waals surface area contributed by atoms with Crippen LogP contribution in [0, 0.1) is 3.57 Å². The number of carbonyl (C=O) groups is 1. The fourth-order valence-electron chi connectivity index (χ4n) is 2.59. The maximum atomic E-state index is 11.9. The van der Waals surface area contributed by atoms with Crippen LogP contribution in [0.4, 0.5) is 5.95 Å². The first-order valence-corrected chi connectivity index (χ1v) is 8.50. The van der Waals surface area contributed by atoms with Gasteiger partial charge in [-0.2, -0.15) is 10.1 Å². The molecule has 1 aliphatic rings. The molecule has 2 aromatic rings. The van der Waals surface area contributed by atoms with E-state index in [-0.39, 0.29) is 11.9 Å². The molecule has 23 heavy (non-hydrogen) atoms. The zero-order chi connectivity index (χ0) is 16.4. The molecular formula is C15H17IN4O3. The number of hydrogen-bond acceptors (Lipinski definition) is 5. The number of rotatable bonds is 5. The zero-order valence-corrected chi connectivity index (χ0v) is 15.0. The molecule has 1 aliphatic heterocycles. The van der Waals surface area contributed by atoms with Gasteiger partial charge < -0.3 is 9.47 Å². The first kappa shape index (κ1) is 16.0. The highest BCUT2D eigenvalue weighted by molar-refractivity contribution is 14.1. The molecule has 2 heterocycles. The molecule has 0 saturated heterocycles. The second-order valence-electron chi connectivity index (χ2n) is 4.99. The van der Waals surface area contributed by atoms with Gasteiger partial charge in [0.1, 0.15) is 6.33 Å². The Morgan fingerprint density at radius 2 is 2.13 bits per heavy atom. The summed E-state index contributed by atoms with van der Waals surface area (Å²) in [6, 6.07) is 3.72. The molecule has 0 unspecified atom stereocenters. The van der Waals surface area contributed by atoms with E-state index < -0.39 is 0 Å². The maximum Gasteiger partial charge on any atom is 0.229 e. The molecular weight excluding hydrogens is 411 g/mol. The molecule has 1 atom stereocenters. The molecule has 0 radical (unpaired) electrons. The average Bonchev–Trinajstić information content (AvgIpc) is 2.98. The van der Waals surface area contributed by atoms with Crippen LogP contribution in [0.2, 0.25) is 0 Å². The smallest absolute Gasteiger partial charge is 0.229 e. The summed E-state index contributed by atoms with van der Waals surface area (Å²) in [4.78, 5) is 16.0. The van der Waals surface area contributed by atoms with Crippen molar-refractivity contribution in [1.82, 2.24) is 14.8 Å². The van der Waals surface area contributed by atoms with Gasteiger partial charge in [0.25, 0.3) is 0 Å². The van der Waals surface area contributed by atoms with Gasteiger partial charge in [-0.05, 0) is 54.1 Å². The van der Waals surface area contributed by atoms with Crippen LogP contribution >= 0.6 is 22.6 Å². The molecule has 0 bridgehead atoms. The lowest BCUT2D eigenvalue weighted by atomic mass is 10.0. The summed E-state index contributed by atoms with van der Waals surface area (Å²) in [6.45, 7) is 4.97. The minimum absolute atomic E-state index is 0.0719. The van der Waals surface area contributed by atoms with Gasteiger partial charge >= 0.3 is 0 Å². The minimum Gasteiger partial charge on any atom is -0.490 e. The van der Waals surface area contributed by atoms with Crippen molar-refractivity contribution < 1.29 is 14.3 Å². The van der Waals surface area contributed by atoms with Crippen molar-refractivity contribution in [2.75, 3.05) is 18.5 Å². The standard InChI is InChI=1S/C15H17IN4O3/c1-3-22-12-6-9(5-10(16)14(12)23-4-2)11-7-13(21)19-15-17-8-18-20(11)15/h5-6,8,11H,3-4,7H2,1-2H3,(H,17,18,19,21)/t11-/m1/s1. The Balaban J connectivity index is 2.05. The van der Waals surface area contributed by atoms with Crippen LogP contribution in [0.3, 0.4) is 0 Å². The molecule has 3 rings (SSSR count). The highest BCUT2D eigenvalue weighted by Crippen LogP contribution is 2.38. The number of fused-ring (bicyclic) bond motifs is 1. The molecule has 1 aromatic heterocycles. The topological polar surface area (TPSA) is 78.3 Å². The lowest BCUT2D eigenvalue weighted by Gasteiger charge is -2.25. The van der Waals surface area contributed by atoms with E-state index in [1.807, 2.05) is 26.0 Å². The SMILES string of the molecule is CCOc1cc([C@H]2CC(=O)Nc3ncnn32)cc(I)c1OCC. The van der Waals surface area contributed by atoms with Crippen LogP contribution in [0.5, 0.6) is 11.5 Å². The number of halogens is 1. The fraction of sp³-hybridized carbons (Fsp3) is 0.400. The number of amides is 1.